The minimum absolute atomic E-state index is 1.23. The molecule has 0 atom stereocenters. The van der Waals surface area contributed by atoms with Crippen molar-refractivity contribution in [3.63, 3.8) is 0 Å². The number of rotatable bonds is 3. The van der Waals surface area contributed by atoms with Crippen molar-refractivity contribution in [2.24, 2.45) is 0 Å². The second kappa shape index (κ2) is 9.93. The van der Waals surface area contributed by atoms with E-state index in [9.17, 15) is 0 Å². The molecule has 0 unspecified atom stereocenters. The van der Waals surface area contributed by atoms with Crippen molar-refractivity contribution in [3.05, 3.63) is 170 Å². The Morgan fingerprint density at radius 3 is 1.09 bits per heavy atom. The van der Waals surface area contributed by atoms with Crippen molar-refractivity contribution in [1.29, 1.82) is 0 Å². The Morgan fingerprint density at radius 2 is 0.568 bits per heavy atom. The smallest absolute Gasteiger partial charge is 0.00137 e. The van der Waals surface area contributed by atoms with Crippen molar-refractivity contribution in [2.45, 2.75) is 0 Å². The molecule has 44 heavy (non-hydrogen) atoms. The monoisotopic (exact) mass is 556 g/mol. The van der Waals surface area contributed by atoms with E-state index in [-0.39, 0.29) is 0 Å². The fraction of sp³-hybridized carbons (Fsp3) is 0. The summed E-state index contributed by atoms with van der Waals surface area (Å²) in [6.45, 7) is 0. The first-order valence-corrected chi connectivity index (χ1v) is 15.3. The zero-order valence-electron chi connectivity index (χ0n) is 24.2. The first kappa shape index (κ1) is 24.8. The third-order valence-electron chi connectivity index (χ3n) is 9.25. The van der Waals surface area contributed by atoms with E-state index in [1.165, 1.54) is 87.2 Å². The molecule has 204 valence electrons. The van der Waals surface area contributed by atoms with Gasteiger partial charge in [-0.2, -0.15) is 0 Å². The lowest BCUT2D eigenvalue weighted by Gasteiger charge is -2.18. The summed E-state index contributed by atoms with van der Waals surface area (Å²) >= 11 is 0. The molecule has 0 fully saturated rings. The van der Waals surface area contributed by atoms with Crippen LogP contribution in [0.1, 0.15) is 0 Å². The van der Waals surface area contributed by atoms with Gasteiger partial charge in [0.15, 0.2) is 0 Å². The third kappa shape index (κ3) is 3.71. The highest BCUT2D eigenvalue weighted by Crippen LogP contribution is 2.45. The maximum Gasteiger partial charge on any atom is -0.00137 e. The van der Waals surface area contributed by atoms with Crippen LogP contribution in [0, 0.1) is 0 Å². The summed E-state index contributed by atoms with van der Waals surface area (Å²) in [5.74, 6) is 0. The van der Waals surface area contributed by atoms with Crippen LogP contribution in [0.4, 0.5) is 0 Å². The quantitative estimate of drug-likeness (QED) is 0.190. The lowest BCUT2D eigenvalue weighted by Crippen LogP contribution is -1.91. The van der Waals surface area contributed by atoms with E-state index >= 15 is 0 Å². The Hall–Kier alpha value is -5.72. The molecule has 0 spiro atoms. The van der Waals surface area contributed by atoms with E-state index in [1.807, 2.05) is 0 Å². The van der Waals surface area contributed by atoms with E-state index in [0.717, 1.165) is 0 Å². The molecule has 0 amide bonds. The molecule has 0 aliphatic carbocycles. The Labute approximate surface area is 256 Å². The van der Waals surface area contributed by atoms with Gasteiger partial charge in [0, 0.05) is 0 Å². The molecule has 0 aliphatic heterocycles. The Balaban J connectivity index is 1.40. The molecule has 9 aromatic carbocycles. The molecule has 0 saturated carbocycles. The first-order valence-electron chi connectivity index (χ1n) is 15.3. The molecule has 0 radical (unpaired) electrons. The van der Waals surface area contributed by atoms with Crippen LogP contribution in [0.15, 0.2) is 170 Å². The van der Waals surface area contributed by atoms with Crippen molar-refractivity contribution in [1.82, 2.24) is 0 Å². The predicted octanol–water partition coefficient (Wildman–Crippen LogP) is 12.5. The fourth-order valence-corrected chi connectivity index (χ4v) is 7.35. The largest absolute Gasteiger partial charge is 0.0622 e. The minimum Gasteiger partial charge on any atom is -0.0622 e. The second-order valence-electron chi connectivity index (χ2n) is 11.6. The van der Waals surface area contributed by atoms with Crippen LogP contribution in [0.3, 0.4) is 0 Å². The van der Waals surface area contributed by atoms with Gasteiger partial charge in [-0.3, -0.25) is 0 Å². The highest BCUT2D eigenvalue weighted by atomic mass is 14.2. The molecule has 0 heteroatoms. The summed E-state index contributed by atoms with van der Waals surface area (Å²) in [5.41, 5.74) is 7.43. The van der Waals surface area contributed by atoms with Gasteiger partial charge in [-0.25, -0.2) is 0 Å². The maximum absolute atomic E-state index is 2.44. The third-order valence-corrected chi connectivity index (χ3v) is 9.25. The van der Waals surface area contributed by atoms with Gasteiger partial charge in [-0.1, -0.05) is 164 Å². The highest BCUT2D eigenvalue weighted by Gasteiger charge is 2.17. The van der Waals surface area contributed by atoms with E-state index in [2.05, 4.69) is 170 Å². The molecule has 0 bridgehead atoms. The molecular formula is C44H28. The average molecular weight is 557 g/mol. The Bertz CT molecular complexity index is 2520. The summed E-state index contributed by atoms with van der Waals surface area (Å²) in [5, 5.41) is 13.1. The Morgan fingerprint density at radius 1 is 0.205 bits per heavy atom. The molecule has 0 N–H and O–H groups in total. The van der Waals surface area contributed by atoms with E-state index in [1.54, 1.807) is 0 Å². The van der Waals surface area contributed by atoms with Crippen molar-refractivity contribution in [3.8, 4) is 33.4 Å². The molecule has 0 aromatic heterocycles. The minimum atomic E-state index is 1.23. The normalized spacial score (nSPS) is 11.6. The van der Waals surface area contributed by atoms with Crippen molar-refractivity contribution in [2.75, 3.05) is 0 Å². The summed E-state index contributed by atoms with van der Waals surface area (Å²) in [6.07, 6.45) is 0. The van der Waals surface area contributed by atoms with Crippen LogP contribution in [0.25, 0.3) is 87.2 Å². The molecule has 0 saturated heterocycles. The Kier molecular flexibility index (Phi) is 5.61. The number of hydrogen-bond acceptors (Lipinski definition) is 0. The summed E-state index contributed by atoms with van der Waals surface area (Å²) < 4.78 is 0. The zero-order chi connectivity index (χ0) is 29.0. The molecule has 0 aliphatic rings. The lowest BCUT2D eigenvalue weighted by molar-refractivity contribution is 1.57. The SMILES string of the molecule is c1ccc(-c2ccccc2-c2ccccc2-c2ccc3c4ccccc4c4c5ccccc5c5ccccc5c4c3c2)cc1. The highest BCUT2D eigenvalue weighted by molar-refractivity contribution is 6.39. The topological polar surface area (TPSA) is 0 Å². The van der Waals surface area contributed by atoms with Crippen molar-refractivity contribution >= 4 is 53.9 Å². The van der Waals surface area contributed by atoms with Crippen molar-refractivity contribution < 1.29 is 0 Å². The fourth-order valence-electron chi connectivity index (χ4n) is 7.35. The van der Waals surface area contributed by atoms with Crippen LogP contribution in [-0.2, 0) is 0 Å². The van der Waals surface area contributed by atoms with Crippen LogP contribution in [-0.4, -0.2) is 0 Å². The van der Waals surface area contributed by atoms with Gasteiger partial charge in [0.1, 0.15) is 0 Å². The van der Waals surface area contributed by atoms with Gasteiger partial charge < -0.3 is 0 Å². The van der Waals surface area contributed by atoms with Gasteiger partial charge in [0.05, 0.1) is 0 Å². The van der Waals surface area contributed by atoms with Crippen LogP contribution >= 0.6 is 0 Å². The standard InChI is InChI=1S/C44H28/c1-2-14-29(15-3-1)31-16-4-6-18-33(31)34-19-7-5-17-32(34)30-26-27-38-37-22-10-12-24-40(37)43-39-23-11-8-20-35(39)36-21-9-13-25-41(36)44(43)42(38)28-30/h1-28H. The van der Waals surface area contributed by atoms with E-state index in [4.69, 9.17) is 0 Å². The number of hydrogen-bond donors (Lipinski definition) is 0. The maximum atomic E-state index is 2.44. The van der Waals surface area contributed by atoms with Gasteiger partial charge in [-0.05, 0) is 93.3 Å². The number of benzene rings is 9. The van der Waals surface area contributed by atoms with Crippen LogP contribution in [0.5, 0.6) is 0 Å². The summed E-state index contributed by atoms with van der Waals surface area (Å²) in [7, 11) is 0. The molecule has 0 heterocycles. The predicted molar refractivity (Wildman–Crippen MR) is 190 cm³/mol. The first-order chi connectivity index (χ1) is 21.9. The molecule has 9 aromatic rings. The summed E-state index contributed by atoms with van der Waals surface area (Å²) in [6, 6.07) is 62.2. The second-order valence-corrected chi connectivity index (χ2v) is 11.6. The van der Waals surface area contributed by atoms with E-state index < -0.39 is 0 Å². The van der Waals surface area contributed by atoms with Gasteiger partial charge in [0.2, 0.25) is 0 Å². The van der Waals surface area contributed by atoms with Gasteiger partial charge >= 0.3 is 0 Å². The van der Waals surface area contributed by atoms with Crippen LogP contribution < -0.4 is 0 Å². The lowest BCUT2D eigenvalue weighted by atomic mass is 9.85. The van der Waals surface area contributed by atoms with Gasteiger partial charge in [-0.15, -0.1) is 0 Å². The number of fused-ring (bicyclic) bond motifs is 11. The molecular weight excluding hydrogens is 528 g/mol. The van der Waals surface area contributed by atoms with Gasteiger partial charge in [0.25, 0.3) is 0 Å². The van der Waals surface area contributed by atoms with Crippen LogP contribution in [0.2, 0.25) is 0 Å². The van der Waals surface area contributed by atoms with E-state index in [0.29, 0.717) is 0 Å². The molecule has 9 rings (SSSR count). The molecule has 0 nitrogen and oxygen atoms in total. The average Bonchev–Trinajstić information content (AvgIpc) is 3.11. The summed E-state index contributed by atoms with van der Waals surface area (Å²) in [4.78, 5) is 0. The zero-order valence-corrected chi connectivity index (χ0v) is 24.2.